The SMILES string of the molecule is Cc1c(C(N)=O)cnc2c1CCC2. The van der Waals surface area contributed by atoms with E-state index in [0.717, 1.165) is 30.5 Å². The Balaban J connectivity index is 2.59. The van der Waals surface area contributed by atoms with Crippen molar-refractivity contribution in [2.24, 2.45) is 5.73 Å². The van der Waals surface area contributed by atoms with Gasteiger partial charge in [-0.3, -0.25) is 9.78 Å². The number of aromatic nitrogens is 1. The van der Waals surface area contributed by atoms with Crippen molar-refractivity contribution in [1.29, 1.82) is 0 Å². The highest BCUT2D eigenvalue weighted by molar-refractivity contribution is 5.94. The number of nitrogens with zero attached hydrogens (tertiary/aromatic N) is 1. The van der Waals surface area contributed by atoms with Crippen LogP contribution in [0.3, 0.4) is 0 Å². The molecule has 3 nitrogen and oxygen atoms in total. The Bertz CT molecular complexity index is 371. The van der Waals surface area contributed by atoms with E-state index in [9.17, 15) is 4.79 Å². The van der Waals surface area contributed by atoms with Gasteiger partial charge in [0.25, 0.3) is 5.91 Å². The maximum absolute atomic E-state index is 11.0. The molecule has 0 unspecified atom stereocenters. The Morgan fingerprint density at radius 1 is 1.54 bits per heavy atom. The molecule has 1 aliphatic carbocycles. The molecule has 1 aromatic rings. The van der Waals surface area contributed by atoms with Crippen LogP contribution in [-0.2, 0) is 12.8 Å². The average Bonchev–Trinajstić information content (AvgIpc) is 2.52. The largest absolute Gasteiger partial charge is 0.366 e. The fraction of sp³-hybridized carbons (Fsp3) is 0.400. The average molecular weight is 176 g/mol. The van der Waals surface area contributed by atoms with Crippen LogP contribution in [0.5, 0.6) is 0 Å². The van der Waals surface area contributed by atoms with Gasteiger partial charge in [-0.05, 0) is 37.3 Å². The van der Waals surface area contributed by atoms with Gasteiger partial charge in [0.1, 0.15) is 0 Å². The number of rotatable bonds is 1. The summed E-state index contributed by atoms with van der Waals surface area (Å²) in [6, 6.07) is 0. The molecule has 1 heterocycles. The van der Waals surface area contributed by atoms with Gasteiger partial charge >= 0.3 is 0 Å². The molecule has 0 spiro atoms. The first-order valence-electron chi connectivity index (χ1n) is 4.47. The normalized spacial score (nSPS) is 14.2. The van der Waals surface area contributed by atoms with Crippen molar-refractivity contribution < 1.29 is 4.79 Å². The third kappa shape index (κ3) is 1.20. The molecule has 0 aromatic carbocycles. The summed E-state index contributed by atoms with van der Waals surface area (Å²) < 4.78 is 0. The first-order valence-corrected chi connectivity index (χ1v) is 4.47. The van der Waals surface area contributed by atoms with Gasteiger partial charge in [-0.15, -0.1) is 0 Å². The van der Waals surface area contributed by atoms with Crippen LogP contribution in [0.2, 0.25) is 0 Å². The number of amides is 1. The van der Waals surface area contributed by atoms with Gasteiger partial charge in [-0.25, -0.2) is 0 Å². The number of hydrogen-bond acceptors (Lipinski definition) is 2. The van der Waals surface area contributed by atoms with Crippen LogP contribution in [0, 0.1) is 6.92 Å². The van der Waals surface area contributed by atoms with Gasteiger partial charge in [0.2, 0.25) is 0 Å². The predicted octanol–water partition coefficient (Wildman–Crippen LogP) is 0.978. The van der Waals surface area contributed by atoms with Crippen LogP contribution in [0.25, 0.3) is 0 Å². The highest BCUT2D eigenvalue weighted by Gasteiger charge is 2.18. The first kappa shape index (κ1) is 8.23. The molecule has 0 fully saturated rings. The molecule has 3 heteroatoms. The van der Waals surface area contributed by atoms with Gasteiger partial charge in [-0.2, -0.15) is 0 Å². The fourth-order valence-electron chi connectivity index (χ4n) is 1.92. The highest BCUT2D eigenvalue weighted by Crippen LogP contribution is 2.24. The second-order valence-corrected chi connectivity index (χ2v) is 3.44. The molecule has 1 aromatic heterocycles. The van der Waals surface area contributed by atoms with Gasteiger partial charge in [0.05, 0.1) is 5.56 Å². The van der Waals surface area contributed by atoms with Gasteiger partial charge < -0.3 is 5.73 Å². The molecule has 0 radical (unpaired) electrons. The summed E-state index contributed by atoms with van der Waals surface area (Å²) in [5.74, 6) is -0.375. The molecule has 2 N–H and O–H groups in total. The second kappa shape index (κ2) is 2.83. The Labute approximate surface area is 77.0 Å². The molecule has 0 saturated heterocycles. The maximum Gasteiger partial charge on any atom is 0.250 e. The minimum absolute atomic E-state index is 0.375. The van der Waals surface area contributed by atoms with Crippen LogP contribution in [0.15, 0.2) is 6.20 Å². The molecule has 0 saturated carbocycles. The Kier molecular flexibility index (Phi) is 1.79. The zero-order chi connectivity index (χ0) is 9.42. The molecule has 13 heavy (non-hydrogen) atoms. The molecule has 68 valence electrons. The number of aryl methyl sites for hydroxylation is 1. The lowest BCUT2D eigenvalue weighted by atomic mass is 10.0. The van der Waals surface area contributed by atoms with E-state index in [-0.39, 0.29) is 5.91 Å². The topological polar surface area (TPSA) is 56.0 Å². The first-order chi connectivity index (χ1) is 6.20. The van der Waals surface area contributed by atoms with Gasteiger partial charge in [0.15, 0.2) is 0 Å². The number of pyridine rings is 1. The Hall–Kier alpha value is -1.38. The molecular weight excluding hydrogens is 164 g/mol. The van der Waals surface area contributed by atoms with E-state index in [2.05, 4.69) is 4.98 Å². The van der Waals surface area contributed by atoms with Crippen LogP contribution in [-0.4, -0.2) is 10.9 Å². The summed E-state index contributed by atoms with van der Waals surface area (Å²) in [7, 11) is 0. The molecule has 0 atom stereocenters. The smallest absolute Gasteiger partial charge is 0.250 e. The van der Waals surface area contributed by atoms with E-state index >= 15 is 0 Å². The van der Waals surface area contributed by atoms with Gasteiger partial charge in [0, 0.05) is 11.9 Å². The Morgan fingerprint density at radius 2 is 2.31 bits per heavy atom. The van der Waals surface area contributed by atoms with E-state index in [0.29, 0.717) is 5.56 Å². The molecule has 1 amide bonds. The van der Waals surface area contributed by atoms with Crippen LogP contribution >= 0.6 is 0 Å². The standard InChI is InChI=1S/C10H12N2O/c1-6-7-3-2-4-9(7)12-5-8(6)10(11)13/h5H,2-4H2,1H3,(H2,11,13). The van der Waals surface area contributed by atoms with E-state index in [1.807, 2.05) is 6.92 Å². The second-order valence-electron chi connectivity index (χ2n) is 3.44. The number of nitrogens with two attached hydrogens (primary N) is 1. The van der Waals surface area contributed by atoms with Gasteiger partial charge in [-0.1, -0.05) is 0 Å². The minimum atomic E-state index is -0.375. The van der Waals surface area contributed by atoms with E-state index < -0.39 is 0 Å². The summed E-state index contributed by atoms with van der Waals surface area (Å²) in [4.78, 5) is 15.2. The van der Waals surface area contributed by atoms with Crippen LogP contribution in [0.4, 0.5) is 0 Å². The predicted molar refractivity (Wildman–Crippen MR) is 49.5 cm³/mol. The van der Waals surface area contributed by atoms with Crippen molar-refractivity contribution in [3.05, 3.63) is 28.6 Å². The number of hydrogen-bond donors (Lipinski definition) is 1. The summed E-state index contributed by atoms with van der Waals surface area (Å²) in [5.41, 5.74) is 9.20. The molecule has 0 bridgehead atoms. The molecular formula is C10H12N2O. The Morgan fingerprint density at radius 3 is 3.00 bits per heavy atom. The number of carbonyl (C=O) groups is 1. The van der Waals surface area contributed by atoms with E-state index in [1.165, 1.54) is 5.56 Å². The van der Waals surface area contributed by atoms with Crippen molar-refractivity contribution in [3.63, 3.8) is 0 Å². The summed E-state index contributed by atoms with van der Waals surface area (Å²) in [5, 5.41) is 0. The maximum atomic E-state index is 11.0. The fourth-order valence-corrected chi connectivity index (χ4v) is 1.92. The van der Waals surface area contributed by atoms with Crippen molar-refractivity contribution in [1.82, 2.24) is 4.98 Å². The monoisotopic (exact) mass is 176 g/mol. The minimum Gasteiger partial charge on any atom is -0.366 e. The van der Waals surface area contributed by atoms with Crippen molar-refractivity contribution in [2.75, 3.05) is 0 Å². The zero-order valence-electron chi connectivity index (χ0n) is 7.63. The lowest BCUT2D eigenvalue weighted by molar-refractivity contribution is 0.0999. The van der Waals surface area contributed by atoms with Crippen LogP contribution in [0.1, 0.15) is 33.6 Å². The molecule has 0 aliphatic heterocycles. The van der Waals surface area contributed by atoms with Crippen LogP contribution < -0.4 is 5.73 Å². The van der Waals surface area contributed by atoms with Crippen molar-refractivity contribution in [2.45, 2.75) is 26.2 Å². The van der Waals surface area contributed by atoms with Crippen molar-refractivity contribution in [3.8, 4) is 0 Å². The lowest BCUT2D eigenvalue weighted by Crippen LogP contribution is -2.14. The molecule has 2 rings (SSSR count). The highest BCUT2D eigenvalue weighted by atomic mass is 16.1. The summed E-state index contributed by atoms with van der Waals surface area (Å²) in [6.45, 7) is 1.95. The summed E-state index contributed by atoms with van der Waals surface area (Å²) >= 11 is 0. The quantitative estimate of drug-likeness (QED) is 0.693. The lowest BCUT2D eigenvalue weighted by Gasteiger charge is -2.06. The third-order valence-corrected chi connectivity index (χ3v) is 2.66. The van der Waals surface area contributed by atoms with E-state index in [4.69, 9.17) is 5.73 Å². The number of fused-ring (bicyclic) bond motifs is 1. The zero-order valence-corrected chi connectivity index (χ0v) is 7.63. The van der Waals surface area contributed by atoms with E-state index in [1.54, 1.807) is 6.20 Å². The third-order valence-electron chi connectivity index (χ3n) is 2.66. The number of carbonyl (C=O) groups excluding carboxylic acids is 1. The number of primary amides is 1. The summed E-state index contributed by atoms with van der Waals surface area (Å²) in [6.07, 6.45) is 4.82. The molecule has 1 aliphatic rings. The van der Waals surface area contributed by atoms with Crippen molar-refractivity contribution >= 4 is 5.91 Å².